The van der Waals surface area contributed by atoms with Gasteiger partial charge in [0, 0.05) is 6.61 Å². The van der Waals surface area contributed by atoms with Gasteiger partial charge in [-0.1, -0.05) is 0 Å². The quantitative estimate of drug-likeness (QED) is 0.442. The van der Waals surface area contributed by atoms with Crippen molar-refractivity contribution in [1.82, 2.24) is 0 Å². The zero-order valence-electron chi connectivity index (χ0n) is 15.2. The fourth-order valence-electron chi connectivity index (χ4n) is 5.26. The monoisotopic (exact) mass is 426 g/mol. The van der Waals surface area contributed by atoms with Crippen molar-refractivity contribution in [2.24, 2.45) is 23.2 Å². The third-order valence-corrected chi connectivity index (χ3v) is 7.10. The van der Waals surface area contributed by atoms with Crippen molar-refractivity contribution >= 4 is 22.1 Å². The minimum absolute atomic E-state index is 0.0680. The van der Waals surface area contributed by atoms with Crippen molar-refractivity contribution in [2.75, 3.05) is 13.2 Å². The first-order valence-corrected chi connectivity index (χ1v) is 10.7. The number of aliphatic hydroxyl groups excluding tert-OH is 1. The average Bonchev–Trinajstić information content (AvgIpc) is 2.60. The minimum Gasteiger partial charge on any atom is -0.462 e. The van der Waals surface area contributed by atoms with E-state index < -0.39 is 40.3 Å². The van der Waals surface area contributed by atoms with Gasteiger partial charge in [0.05, 0.1) is 12.8 Å². The van der Waals surface area contributed by atoms with Crippen LogP contribution in [0.1, 0.15) is 44.9 Å². The number of halogens is 2. The number of carbonyl (C=O) groups is 2. The van der Waals surface area contributed by atoms with Gasteiger partial charge in [0.15, 0.2) is 6.61 Å². The van der Waals surface area contributed by atoms with Crippen molar-refractivity contribution in [2.45, 2.75) is 56.3 Å². The lowest BCUT2D eigenvalue weighted by Gasteiger charge is -2.58. The largest absolute Gasteiger partial charge is 0.462 e. The van der Waals surface area contributed by atoms with E-state index in [2.05, 4.69) is 4.74 Å². The van der Waals surface area contributed by atoms with Gasteiger partial charge in [-0.2, -0.15) is 17.2 Å². The van der Waals surface area contributed by atoms with Crippen molar-refractivity contribution in [3.63, 3.8) is 0 Å². The Labute approximate surface area is 161 Å². The summed E-state index contributed by atoms with van der Waals surface area (Å²) in [6, 6.07) is 0. The average molecular weight is 426 g/mol. The van der Waals surface area contributed by atoms with Crippen LogP contribution in [0.5, 0.6) is 0 Å². The molecular weight excluding hydrogens is 402 g/mol. The normalized spacial score (nSPS) is 34.3. The maximum absolute atomic E-state index is 13.0. The third kappa shape index (κ3) is 4.30. The Morgan fingerprint density at radius 3 is 2.18 bits per heavy atom. The van der Waals surface area contributed by atoms with Crippen molar-refractivity contribution in [3.05, 3.63) is 0 Å². The number of esters is 2. The summed E-state index contributed by atoms with van der Waals surface area (Å²) in [4.78, 5) is 23.6. The van der Waals surface area contributed by atoms with E-state index in [0.717, 1.165) is 32.1 Å². The highest BCUT2D eigenvalue weighted by Gasteiger charge is 2.56. The highest BCUT2D eigenvalue weighted by Crippen LogP contribution is 2.60. The molecule has 0 amide bonds. The topological polar surface area (TPSA) is 127 Å². The van der Waals surface area contributed by atoms with E-state index in [1.165, 1.54) is 0 Å². The molecule has 4 bridgehead atoms. The van der Waals surface area contributed by atoms with Gasteiger partial charge in [-0.05, 0) is 55.3 Å². The zero-order chi connectivity index (χ0) is 20.7. The first-order chi connectivity index (χ1) is 12.9. The maximum atomic E-state index is 13.0. The highest BCUT2D eigenvalue weighted by molar-refractivity contribution is 7.86. The van der Waals surface area contributed by atoms with Gasteiger partial charge in [0.25, 0.3) is 0 Å². The van der Waals surface area contributed by atoms with E-state index in [4.69, 9.17) is 9.29 Å². The van der Waals surface area contributed by atoms with E-state index in [1.54, 1.807) is 0 Å². The summed E-state index contributed by atoms with van der Waals surface area (Å²) in [5.41, 5.74) is -0.0680. The number of ether oxygens (including phenoxy) is 2. The highest BCUT2D eigenvalue weighted by atomic mass is 32.2. The zero-order valence-corrected chi connectivity index (χ0v) is 16.0. The molecule has 0 aliphatic heterocycles. The molecule has 4 aliphatic rings. The van der Waals surface area contributed by atoms with E-state index >= 15 is 0 Å². The second kappa shape index (κ2) is 7.49. The molecule has 28 heavy (non-hydrogen) atoms. The van der Waals surface area contributed by atoms with Gasteiger partial charge < -0.3 is 14.6 Å². The Hall–Kier alpha value is -1.33. The van der Waals surface area contributed by atoms with Gasteiger partial charge in [0.2, 0.25) is 0 Å². The van der Waals surface area contributed by atoms with Crippen LogP contribution in [-0.4, -0.2) is 54.6 Å². The molecule has 0 aromatic heterocycles. The second-order valence-electron chi connectivity index (χ2n) is 8.36. The Morgan fingerprint density at radius 1 is 1.07 bits per heavy atom. The van der Waals surface area contributed by atoms with Gasteiger partial charge in [-0.3, -0.25) is 14.1 Å². The molecular formula is C17H24F2O8S. The number of hydrogen-bond donors (Lipinski definition) is 2. The smallest absolute Gasteiger partial charge is 0.402 e. The molecule has 2 atom stereocenters. The molecule has 4 fully saturated rings. The van der Waals surface area contributed by atoms with Crippen molar-refractivity contribution < 1.29 is 45.9 Å². The van der Waals surface area contributed by atoms with Crippen LogP contribution in [0.25, 0.3) is 0 Å². The van der Waals surface area contributed by atoms with Crippen molar-refractivity contribution in [3.8, 4) is 0 Å². The SMILES string of the molecule is O=C(CCC(=O)OC1C2CC3CC1CC(CO)(C3)C2)OCC(F)(F)S(=O)(=O)O. The van der Waals surface area contributed by atoms with Crippen LogP contribution in [-0.2, 0) is 29.2 Å². The Kier molecular flexibility index (Phi) is 5.72. The molecule has 0 aromatic rings. The lowest BCUT2D eigenvalue weighted by molar-refractivity contribution is -0.186. The molecule has 2 unspecified atom stereocenters. The summed E-state index contributed by atoms with van der Waals surface area (Å²) in [5, 5.41) is 5.13. The lowest BCUT2D eigenvalue weighted by Crippen LogP contribution is -2.55. The van der Waals surface area contributed by atoms with Crippen LogP contribution in [0.3, 0.4) is 0 Å². The molecule has 11 heteroatoms. The number of alkyl halides is 2. The summed E-state index contributed by atoms with van der Waals surface area (Å²) < 4.78 is 64.9. The summed E-state index contributed by atoms with van der Waals surface area (Å²) in [5.74, 6) is -0.928. The van der Waals surface area contributed by atoms with E-state index in [0.29, 0.717) is 5.92 Å². The van der Waals surface area contributed by atoms with Gasteiger partial charge >= 0.3 is 27.3 Å². The van der Waals surface area contributed by atoms with Crippen molar-refractivity contribution in [1.29, 1.82) is 0 Å². The molecule has 0 saturated heterocycles. The van der Waals surface area contributed by atoms with Crippen LogP contribution in [0.4, 0.5) is 8.78 Å². The summed E-state index contributed by atoms with van der Waals surface area (Å²) in [6.07, 6.45) is 3.35. The molecule has 4 saturated carbocycles. The second-order valence-corrected chi connectivity index (χ2v) is 9.90. The van der Waals surface area contributed by atoms with Gasteiger partial charge in [-0.25, -0.2) is 0 Å². The van der Waals surface area contributed by atoms with E-state index in [-0.39, 0.29) is 36.4 Å². The number of rotatable bonds is 8. The Morgan fingerprint density at radius 2 is 1.64 bits per heavy atom. The maximum Gasteiger partial charge on any atom is 0.402 e. The predicted molar refractivity (Wildman–Crippen MR) is 89.6 cm³/mol. The summed E-state index contributed by atoms with van der Waals surface area (Å²) >= 11 is 0. The number of carbonyl (C=O) groups excluding carboxylic acids is 2. The number of hydrogen-bond acceptors (Lipinski definition) is 7. The third-order valence-electron chi connectivity index (χ3n) is 6.23. The molecule has 2 N–H and O–H groups in total. The van der Waals surface area contributed by atoms with E-state index in [9.17, 15) is 31.9 Å². The number of aliphatic hydroxyl groups is 1. The van der Waals surface area contributed by atoms with Crippen LogP contribution in [0.2, 0.25) is 0 Å². The molecule has 0 aromatic carbocycles. The lowest BCUT2D eigenvalue weighted by atomic mass is 9.49. The summed E-state index contributed by atoms with van der Waals surface area (Å²) in [7, 11) is -5.69. The molecule has 0 heterocycles. The Balaban J connectivity index is 1.45. The van der Waals surface area contributed by atoms with Crippen LogP contribution >= 0.6 is 0 Å². The molecule has 160 valence electrons. The minimum atomic E-state index is -5.69. The van der Waals surface area contributed by atoms with Gasteiger partial charge in [-0.15, -0.1) is 0 Å². The molecule has 4 rings (SSSR count). The molecule has 8 nitrogen and oxygen atoms in total. The van der Waals surface area contributed by atoms with E-state index in [1.807, 2.05) is 0 Å². The molecule has 4 aliphatic carbocycles. The fraction of sp³-hybridized carbons (Fsp3) is 0.882. The van der Waals surface area contributed by atoms with Gasteiger partial charge in [0.1, 0.15) is 6.10 Å². The van der Waals surface area contributed by atoms with Crippen LogP contribution in [0, 0.1) is 23.2 Å². The predicted octanol–water partition coefficient (Wildman–Crippen LogP) is 1.52. The first kappa shape index (κ1) is 21.4. The first-order valence-electron chi connectivity index (χ1n) is 9.25. The molecule has 0 radical (unpaired) electrons. The Bertz CT molecular complexity index is 721. The summed E-state index contributed by atoms with van der Waals surface area (Å²) in [6.45, 7) is -1.69. The fourth-order valence-corrected chi connectivity index (χ4v) is 5.47. The molecule has 0 spiro atoms. The van der Waals surface area contributed by atoms with Crippen LogP contribution < -0.4 is 0 Å². The van der Waals surface area contributed by atoms with Crippen LogP contribution in [0.15, 0.2) is 0 Å². The standard InChI is InChI=1S/C17H24F2O8S/c18-17(19,28(23,24)25)9-26-13(21)1-2-14(22)27-15-11-3-10-4-12(15)7-16(5-10,6-11)8-20/h10-12,15,20H,1-9H2,(H,23,24,25).